The van der Waals surface area contributed by atoms with Gasteiger partial charge in [-0.25, -0.2) is 14.5 Å². The van der Waals surface area contributed by atoms with Crippen LogP contribution in [0.1, 0.15) is 20.8 Å². The van der Waals surface area contributed by atoms with Crippen molar-refractivity contribution in [2.24, 2.45) is 0 Å². The lowest BCUT2D eigenvalue weighted by molar-refractivity contribution is 0.190. The lowest BCUT2D eigenvalue weighted by Gasteiger charge is -2.22. The molecular formula is C14H23N3O2. The second-order valence-corrected chi connectivity index (χ2v) is 4.77. The van der Waals surface area contributed by atoms with E-state index in [1.807, 2.05) is 0 Å². The number of nitrogens with zero attached hydrogens (tertiary/aromatic N) is 1. The van der Waals surface area contributed by atoms with Gasteiger partial charge >= 0.3 is 12.1 Å². The molecule has 106 valence electrons. The lowest BCUT2D eigenvalue weighted by atomic mass is 10.3. The predicted molar refractivity (Wildman–Crippen MR) is 77.9 cm³/mol. The molecule has 0 rings (SSSR count). The highest BCUT2D eigenvalue weighted by Crippen LogP contribution is 1.99. The minimum Gasteiger partial charge on any atom is -0.334 e. The van der Waals surface area contributed by atoms with Crippen LogP contribution in [0.15, 0.2) is 36.5 Å². The molecule has 0 aromatic heterocycles. The summed E-state index contributed by atoms with van der Waals surface area (Å²) in [6.07, 6.45) is 0. The molecule has 0 fully saturated rings. The molecule has 0 aliphatic heterocycles. The summed E-state index contributed by atoms with van der Waals surface area (Å²) in [6, 6.07) is -0.935. The molecule has 5 heteroatoms. The summed E-state index contributed by atoms with van der Waals surface area (Å²) in [4.78, 5) is 24.9. The van der Waals surface area contributed by atoms with Gasteiger partial charge in [0.05, 0.1) is 6.54 Å². The molecule has 0 radical (unpaired) electrons. The normalized spacial score (nSPS) is 9.42. The number of hydrogen-bond acceptors (Lipinski definition) is 2. The molecule has 0 aromatic carbocycles. The fourth-order valence-corrected chi connectivity index (χ4v) is 1.15. The van der Waals surface area contributed by atoms with Crippen LogP contribution in [-0.2, 0) is 0 Å². The van der Waals surface area contributed by atoms with Crippen LogP contribution in [0, 0.1) is 0 Å². The van der Waals surface area contributed by atoms with E-state index in [4.69, 9.17) is 0 Å². The molecular weight excluding hydrogens is 242 g/mol. The molecule has 0 aliphatic rings. The van der Waals surface area contributed by atoms with Crippen LogP contribution >= 0.6 is 0 Å². The Morgan fingerprint density at radius 3 is 1.47 bits per heavy atom. The van der Waals surface area contributed by atoms with Crippen molar-refractivity contribution in [3.05, 3.63) is 36.5 Å². The maximum Gasteiger partial charge on any atom is 0.326 e. The van der Waals surface area contributed by atoms with Gasteiger partial charge in [-0.1, -0.05) is 36.5 Å². The van der Waals surface area contributed by atoms with Crippen LogP contribution in [0.5, 0.6) is 0 Å². The number of urea groups is 2. The fourth-order valence-electron chi connectivity index (χ4n) is 1.15. The molecule has 0 atom stereocenters. The first kappa shape index (κ1) is 17.0. The minimum atomic E-state index is -0.467. The van der Waals surface area contributed by atoms with Crippen molar-refractivity contribution in [1.82, 2.24) is 15.5 Å². The number of rotatable bonds is 6. The Labute approximate surface area is 115 Å². The minimum absolute atomic E-state index is 0.171. The Kier molecular flexibility index (Phi) is 7.26. The SMILES string of the molecule is C=C(C)CNC(=O)N(CC(=C)C)C(=O)NCC(=C)C. The van der Waals surface area contributed by atoms with Gasteiger partial charge < -0.3 is 10.6 Å². The molecule has 19 heavy (non-hydrogen) atoms. The van der Waals surface area contributed by atoms with Gasteiger partial charge in [0, 0.05) is 13.1 Å². The van der Waals surface area contributed by atoms with Crippen LogP contribution in [0.4, 0.5) is 9.59 Å². The highest BCUT2D eigenvalue weighted by atomic mass is 16.2. The van der Waals surface area contributed by atoms with Gasteiger partial charge in [-0.3, -0.25) is 0 Å². The molecule has 5 nitrogen and oxygen atoms in total. The molecule has 0 unspecified atom stereocenters. The first-order chi connectivity index (χ1) is 8.73. The Bertz CT molecular complexity index is 369. The van der Waals surface area contributed by atoms with E-state index in [0.717, 1.165) is 21.6 Å². The highest BCUT2D eigenvalue weighted by Gasteiger charge is 2.20. The maximum atomic E-state index is 11.9. The third-order valence-corrected chi connectivity index (χ3v) is 2.00. The Balaban J connectivity index is 4.64. The fraction of sp³-hybridized carbons (Fsp3) is 0.429. The van der Waals surface area contributed by atoms with Gasteiger partial charge in [0.2, 0.25) is 0 Å². The van der Waals surface area contributed by atoms with Crippen molar-refractivity contribution in [2.75, 3.05) is 19.6 Å². The number of amides is 4. The van der Waals surface area contributed by atoms with E-state index in [9.17, 15) is 9.59 Å². The molecule has 4 amide bonds. The number of carbonyl (C=O) groups excluding carboxylic acids is 2. The van der Waals surface area contributed by atoms with Crippen LogP contribution in [-0.4, -0.2) is 36.6 Å². The van der Waals surface area contributed by atoms with Gasteiger partial charge in [0.1, 0.15) is 0 Å². The average molecular weight is 265 g/mol. The smallest absolute Gasteiger partial charge is 0.326 e. The average Bonchev–Trinajstić information content (AvgIpc) is 2.29. The number of imide groups is 1. The van der Waals surface area contributed by atoms with Crippen LogP contribution in [0.2, 0.25) is 0 Å². The Hall–Kier alpha value is -2.04. The first-order valence-electron chi connectivity index (χ1n) is 6.00. The summed E-state index contributed by atoms with van der Waals surface area (Å²) in [5.41, 5.74) is 2.34. The van der Waals surface area contributed by atoms with E-state index < -0.39 is 12.1 Å². The molecule has 0 aromatic rings. The second-order valence-electron chi connectivity index (χ2n) is 4.77. The van der Waals surface area contributed by atoms with E-state index in [2.05, 4.69) is 30.4 Å². The van der Waals surface area contributed by atoms with Crippen molar-refractivity contribution in [3.8, 4) is 0 Å². The summed E-state index contributed by atoms with van der Waals surface area (Å²) in [5.74, 6) is 0. The van der Waals surface area contributed by atoms with Crippen LogP contribution in [0.25, 0.3) is 0 Å². The zero-order valence-corrected chi connectivity index (χ0v) is 12.0. The second kappa shape index (κ2) is 8.13. The summed E-state index contributed by atoms with van der Waals surface area (Å²) in [6.45, 7) is 17.3. The molecule has 0 aliphatic carbocycles. The highest BCUT2D eigenvalue weighted by molar-refractivity contribution is 5.94. The summed E-state index contributed by atoms with van der Waals surface area (Å²) in [7, 11) is 0. The first-order valence-corrected chi connectivity index (χ1v) is 6.00. The van der Waals surface area contributed by atoms with Crippen LogP contribution in [0.3, 0.4) is 0 Å². The van der Waals surface area contributed by atoms with Gasteiger partial charge in [0.25, 0.3) is 0 Å². The van der Waals surface area contributed by atoms with Crippen LogP contribution < -0.4 is 10.6 Å². The molecule has 0 heterocycles. The molecule has 0 bridgehead atoms. The van der Waals surface area contributed by atoms with Crippen molar-refractivity contribution in [3.63, 3.8) is 0 Å². The molecule has 0 saturated heterocycles. The Morgan fingerprint density at radius 2 is 1.21 bits per heavy atom. The van der Waals surface area contributed by atoms with Crippen molar-refractivity contribution < 1.29 is 9.59 Å². The Morgan fingerprint density at radius 1 is 0.842 bits per heavy atom. The topological polar surface area (TPSA) is 61.4 Å². The molecule has 2 N–H and O–H groups in total. The van der Waals surface area contributed by atoms with Gasteiger partial charge in [0.15, 0.2) is 0 Å². The van der Waals surface area contributed by atoms with Gasteiger partial charge in [-0.2, -0.15) is 0 Å². The number of carbonyl (C=O) groups is 2. The van der Waals surface area contributed by atoms with Crippen molar-refractivity contribution >= 4 is 12.1 Å². The maximum absolute atomic E-state index is 11.9. The van der Waals surface area contributed by atoms with E-state index in [-0.39, 0.29) is 6.54 Å². The predicted octanol–water partition coefficient (Wildman–Crippen LogP) is 2.44. The molecule has 0 saturated carbocycles. The quantitative estimate of drug-likeness (QED) is 0.725. The standard InChI is InChI=1S/C14H23N3O2/c1-10(2)7-15-13(18)17(9-12(5)6)14(19)16-8-11(3)4/h1,3,5,7-9H2,2,4,6H3,(H,15,18)(H,16,19). The third kappa shape index (κ3) is 7.81. The summed E-state index contributed by atoms with van der Waals surface area (Å²) < 4.78 is 0. The largest absolute Gasteiger partial charge is 0.334 e. The van der Waals surface area contributed by atoms with Crippen molar-refractivity contribution in [2.45, 2.75) is 20.8 Å². The number of nitrogens with one attached hydrogen (secondary N) is 2. The zero-order valence-electron chi connectivity index (χ0n) is 12.0. The zero-order chi connectivity index (χ0) is 15.0. The van der Waals surface area contributed by atoms with E-state index >= 15 is 0 Å². The third-order valence-electron chi connectivity index (χ3n) is 2.00. The lowest BCUT2D eigenvalue weighted by Crippen LogP contribution is -2.49. The van der Waals surface area contributed by atoms with E-state index in [1.54, 1.807) is 20.8 Å². The number of hydrogen-bond donors (Lipinski definition) is 2. The van der Waals surface area contributed by atoms with Gasteiger partial charge in [-0.05, 0) is 20.8 Å². The van der Waals surface area contributed by atoms with E-state index in [0.29, 0.717) is 13.1 Å². The monoisotopic (exact) mass is 265 g/mol. The van der Waals surface area contributed by atoms with E-state index in [1.165, 1.54) is 0 Å². The molecule has 0 spiro atoms. The summed E-state index contributed by atoms with van der Waals surface area (Å²) >= 11 is 0. The van der Waals surface area contributed by atoms with Crippen molar-refractivity contribution in [1.29, 1.82) is 0 Å². The summed E-state index contributed by atoms with van der Waals surface area (Å²) in [5, 5.41) is 5.24. The van der Waals surface area contributed by atoms with Gasteiger partial charge in [-0.15, -0.1) is 0 Å².